The van der Waals surface area contributed by atoms with Gasteiger partial charge >= 0.3 is 0 Å². The zero-order valence-electron chi connectivity index (χ0n) is 4.60. The molecule has 0 aromatic rings. The Labute approximate surface area is 53.7 Å². The number of epoxide rings is 2. The highest BCUT2D eigenvalue weighted by molar-refractivity contribution is 6.18. The molecule has 2 rings (SSSR count). The largest absolute Gasteiger partial charge is 0.377 e. The Morgan fingerprint density at radius 3 is 2.00 bits per heavy atom. The lowest BCUT2D eigenvalue weighted by molar-refractivity contribution is 0.425. The number of ether oxygens (including phenoxy) is 2. The third-order valence-corrected chi connectivity index (χ3v) is 1.12. The van der Waals surface area contributed by atoms with Crippen molar-refractivity contribution in [1.29, 1.82) is 0 Å². The standard InChI is InChI=1S/C3H5ClO.C2H4O/c4-1-3-2-5-3;1-2-3-1/h3H,1-2H2;1-2H2. The van der Waals surface area contributed by atoms with Crippen LogP contribution in [-0.2, 0) is 9.47 Å². The summed E-state index contributed by atoms with van der Waals surface area (Å²) in [6.45, 7) is 2.88. The van der Waals surface area contributed by atoms with E-state index in [0.29, 0.717) is 12.0 Å². The van der Waals surface area contributed by atoms with Gasteiger partial charge in [-0.25, -0.2) is 0 Å². The van der Waals surface area contributed by atoms with Crippen LogP contribution in [0.3, 0.4) is 0 Å². The van der Waals surface area contributed by atoms with Crippen LogP contribution in [-0.4, -0.2) is 31.8 Å². The van der Waals surface area contributed by atoms with Gasteiger partial charge in [0.2, 0.25) is 0 Å². The molecular weight excluding hydrogens is 128 g/mol. The molecule has 2 aliphatic heterocycles. The maximum Gasteiger partial charge on any atom is 0.0944 e. The van der Waals surface area contributed by atoms with Crippen molar-refractivity contribution in [2.45, 2.75) is 6.10 Å². The summed E-state index contributed by atoms with van der Waals surface area (Å²) in [4.78, 5) is 0. The summed E-state index contributed by atoms with van der Waals surface area (Å²) in [5.41, 5.74) is 0. The maximum atomic E-state index is 5.27. The molecule has 0 N–H and O–H groups in total. The number of rotatable bonds is 1. The summed E-state index contributed by atoms with van der Waals surface area (Å²) in [5, 5.41) is 0. The van der Waals surface area contributed by atoms with E-state index < -0.39 is 0 Å². The topological polar surface area (TPSA) is 25.1 Å². The second kappa shape index (κ2) is 3.28. The van der Waals surface area contributed by atoms with E-state index in [2.05, 4.69) is 4.74 Å². The molecular formula is C5H9ClO2. The minimum absolute atomic E-state index is 0.400. The van der Waals surface area contributed by atoms with Crippen LogP contribution in [0.2, 0.25) is 0 Å². The number of halogens is 1. The molecule has 1 atom stereocenters. The highest BCUT2D eigenvalue weighted by atomic mass is 35.5. The van der Waals surface area contributed by atoms with Crippen LogP contribution >= 0.6 is 11.6 Å². The van der Waals surface area contributed by atoms with Crippen molar-refractivity contribution in [2.24, 2.45) is 0 Å². The fourth-order valence-corrected chi connectivity index (χ4v) is 0.335. The van der Waals surface area contributed by atoms with Gasteiger partial charge in [0.05, 0.1) is 31.8 Å². The van der Waals surface area contributed by atoms with Crippen molar-refractivity contribution in [2.75, 3.05) is 25.7 Å². The van der Waals surface area contributed by atoms with Crippen molar-refractivity contribution in [1.82, 2.24) is 0 Å². The van der Waals surface area contributed by atoms with Crippen molar-refractivity contribution >= 4 is 11.6 Å². The van der Waals surface area contributed by atoms with Crippen LogP contribution in [0.1, 0.15) is 0 Å². The molecule has 0 radical (unpaired) electrons. The first kappa shape index (κ1) is 6.33. The Morgan fingerprint density at radius 2 is 2.00 bits per heavy atom. The summed E-state index contributed by atoms with van der Waals surface area (Å²) in [6, 6.07) is 0. The molecule has 2 nitrogen and oxygen atoms in total. The molecule has 3 heteroatoms. The average Bonchev–Trinajstić information content (AvgIpc) is 2.65. The first-order valence-corrected chi connectivity index (χ1v) is 3.22. The van der Waals surface area contributed by atoms with Crippen LogP contribution in [0.5, 0.6) is 0 Å². The van der Waals surface area contributed by atoms with E-state index in [0.717, 1.165) is 19.8 Å². The predicted molar refractivity (Wildman–Crippen MR) is 31.3 cm³/mol. The number of hydrogen-bond donors (Lipinski definition) is 0. The first-order valence-electron chi connectivity index (χ1n) is 2.69. The molecule has 48 valence electrons. The van der Waals surface area contributed by atoms with Crippen LogP contribution in [0.25, 0.3) is 0 Å². The van der Waals surface area contributed by atoms with E-state index in [9.17, 15) is 0 Å². The van der Waals surface area contributed by atoms with Gasteiger partial charge in [-0.15, -0.1) is 11.6 Å². The Hall–Kier alpha value is 0.210. The minimum Gasteiger partial charge on any atom is -0.377 e. The second-order valence-corrected chi connectivity index (χ2v) is 2.03. The molecule has 0 amide bonds. The van der Waals surface area contributed by atoms with Gasteiger partial charge in [-0.2, -0.15) is 0 Å². The van der Waals surface area contributed by atoms with Crippen LogP contribution < -0.4 is 0 Å². The van der Waals surface area contributed by atoms with Crippen LogP contribution in [0.15, 0.2) is 0 Å². The summed E-state index contributed by atoms with van der Waals surface area (Å²) in [7, 11) is 0. The average molecular weight is 137 g/mol. The van der Waals surface area contributed by atoms with Gasteiger partial charge in [-0.05, 0) is 0 Å². The molecule has 2 aliphatic rings. The Morgan fingerprint density at radius 1 is 1.50 bits per heavy atom. The Balaban J connectivity index is 0.0000000907. The minimum atomic E-state index is 0.400. The molecule has 0 spiro atoms. The summed E-state index contributed by atoms with van der Waals surface area (Å²) >= 11 is 5.27. The third-order valence-electron chi connectivity index (χ3n) is 0.779. The van der Waals surface area contributed by atoms with Gasteiger partial charge in [0, 0.05) is 0 Å². The number of hydrogen-bond acceptors (Lipinski definition) is 2. The van der Waals surface area contributed by atoms with E-state index in [1.54, 1.807) is 0 Å². The molecule has 0 bridgehead atoms. The Kier molecular flexibility index (Phi) is 2.59. The zero-order valence-corrected chi connectivity index (χ0v) is 5.36. The Bertz CT molecular complexity index is 58.7. The molecule has 2 fully saturated rings. The predicted octanol–water partition coefficient (Wildman–Crippen LogP) is 0.641. The molecule has 0 aromatic heterocycles. The quantitative estimate of drug-likeness (QED) is 0.391. The lowest BCUT2D eigenvalue weighted by Crippen LogP contribution is -1.80. The van der Waals surface area contributed by atoms with Crippen LogP contribution in [0.4, 0.5) is 0 Å². The van der Waals surface area contributed by atoms with Crippen LogP contribution in [0, 0.1) is 0 Å². The third kappa shape index (κ3) is 4.37. The fourth-order valence-electron chi connectivity index (χ4n) is 0.157. The number of alkyl halides is 1. The summed E-state index contributed by atoms with van der Waals surface area (Å²) < 4.78 is 9.23. The first-order chi connectivity index (χ1) is 3.93. The molecule has 0 aliphatic carbocycles. The van der Waals surface area contributed by atoms with Crippen molar-refractivity contribution in [3.8, 4) is 0 Å². The smallest absolute Gasteiger partial charge is 0.0944 e. The van der Waals surface area contributed by atoms with E-state index in [1.165, 1.54) is 0 Å². The van der Waals surface area contributed by atoms with Crippen molar-refractivity contribution in [3.63, 3.8) is 0 Å². The molecule has 2 heterocycles. The van der Waals surface area contributed by atoms with Gasteiger partial charge in [-0.3, -0.25) is 0 Å². The lowest BCUT2D eigenvalue weighted by Gasteiger charge is -1.67. The second-order valence-electron chi connectivity index (χ2n) is 1.72. The molecule has 8 heavy (non-hydrogen) atoms. The SMILES string of the molecule is C1CO1.ClCC1CO1. The van der Waals surface area contributed by atoms with E-state index >= 15 is 0 Å². The van der Waals surface area contributed by atoms with Gasteiger partial charge in [0.15, 0.2) is 0 Å². The molecule has 0 aromatic carbocycles. The highest BCUT2D eigenvalue weighted by Gasteiger charge is 2.19. The van der Waals surface area contributed by atoms with E-state index in [-0.39, 0.29) is 0 Å². The van der Waals surface area contributed by atoms with Gasteiger partial charge in [0.25, 0.3) is 0 Å². The lowest BCUT2D eigenvalue weighted by atomic mass is 10.6. The maximum absolute atomic E-state index is 5.27. The molecule has 1 unspecified atom stereocenters. The van der Waals surface area contributed by atoms with E-state index in [1.807, 2.05) is 0 Å². The summed E-state index contributed by atoms with van der Waals surface area (Å²) in [5.74, 6) is 0.667. The van der Waals surface area contributed by atoms with Gasteiger partial charge in [0.1, 0.15) is 0 Å². The zero-order chi connectivity index (χ0) is 5.82. The fraction of sp³-hybridized carbons (Fsp3) is 1.00. The van der Waals surface area contributed by atoms with Gasteiger partial charge in [-0.1, -0.05) is 0 Å². The normalized spacial score (nSPS) is 30.4. The van der Waals surface area contributed by atoms with Crippen molar-refractivity contribution < 1.29 is 9.47 Å². The highest BCUT2D eigenvalue weighted by Crippen LogP contribution is 2.08. The van der Waals surface area contributed by atoms with E-state index in [4.69, 9.17) is 16.3 Å². The molecule has 0 saturated carbocycles. The van der Waals surface area contributed by atoms with Gasteiger partial charge < -0.3 is 9.47 Å². The monoisotopic (exact) mass is 136 g/mol. The summed E-state index contributed by atoms with van der Waals surface area (Å²) in [6.07, 6.45) is 0.400. The molecule has 2 saturated heterocycles. The van der Waals surface area contributed by atoms with Crippen molar-refractivity contribution in [3.05, 3.63) is 0 Å².